The standard InChI is InChI=1S/C20H21FN8O4S/c1-11(8-16-22-9-14(21)10-23-16)34(30,31)28-20-26-25-19(15-6-5-7-17(24-15)32-4)29(20)18-12(2)27-33-13(18)3/h5-7,9-11H,8H2,1-4H3,(H,26,28). The summed E-state index contributed by atoms with van der Waals surface area (Å²) in [6.07, 6.45) is 1.92. The number of anilines is 1. The summed E-state index contributed by atoms with van der Waals surface area (Å²) >= 11 is 0. The van der Waals surface area contributed by atoms with Gasteiger partial charge in [-0.1, -0.05) is 11.2 Å². The molecule has 0 fully saturated rings. The fourth-order valence-electron chi connectivity index (χ4n) is 3.22. The summed E-state index contributed by atoms with van der Waals surface area (Å²) in [4.78, 5) is 12.0. The van der Waals surface area contributed by atoms with Crippen molar-refractivity contribution in [3.8, 4) is 23.1 Å². The van der Waals surface area contributed by atoms with Crippen molar-refractivity contribution in [1.29, 1.82) is 0 Å². The van der Waals surface area contributed by atoms with Gasteiger partial charge in [-0.15, -0.1) is 10.2 Å². The van der Waals surface area contributed by atoms with Gasteiger partial charge in [-0.25, -0.2) is 27.8 Å². The summed E-state index contributed by atoms with van der Waals surface area (Å²) in [7, 11) is -2.50. The van der Waals surface area contributed by atoms with Crippen LogP contribution in [0.4, 0.5) is 10.3 Å². The zero-order valence-electron chi connectivity index (χ0n) is 18.7. The van der Waals surface area contributed by atoms with Crippen molar-refractivity contribution in [2.24, 2.45) is 0 Å². The molecule has 0 aliphatic heterocycles. The highest BCUT2D eigenvalue weighted by Crippen LogP contribution is 2.30. The van der Waals surface area contributed by atoms with E-state index >= 15 is 0 Å². The second-order valence-electron chi connectivity index (χ2n) is 7.40. The number of methoxy groups -OCH3 is 1. The first kappa shape index (κ1) is 23.2. The highest BCUT2D eigenvalue weighted by atomic mass is 32.2. The summed E-state index contributed by atoms with van der Waals surface area (Å²) in [5.74, 6) is 0.522. The number of halogens is 1. The summed E-state index contributed by atoms with van der Waals surface area (Å²) in [5, 5.41) is 11.2. The van der Waals surface area contributed by atoms with Crippen LogP contribution < -0.4 is 9.46 Å². The van der Waals surface area contributed by atoms with Crippen LogP contribution in [0.15, 0.2) is 35.1 Å². The third kappa shape index (κ3) is 4.57. The highest BCUT2D eigenvalue weighted by Gasteiger charge is 2.28. The van der Waals surface area contributed by atoms with Crippen molar-refractivity contribution in [3.05, 3.63) is 53.7 Å². The molecule has 4 aromatic heterocycles. The molecule has 4 rings (SSSR count). The lowest BCUT2D eigenvalue weighted by Crippen LogP contribution is -2.29. The van der Waals surface area contributed by atoms with Crippen LogP contribution in [0.2, 0.25) is 0 Å². The maximum Gasteiger partial charge on any atom is 0.243 e. The molecule has 4 aromatic rings. The normalized spacial score (nSPS) is 12.5. The minimum Gasteiger partial charge on any atom is -0.481 e. The van der Waals surface area contributed by atoms with Crippen molar-refractivity contribution in [2.45, 2.75) is 32.4 Å². The molecule has 1 N–H and O–H groups in total. The fourth-order valence-corrected chi connectivity index (χ4v) is 4.17. The number of pyridine rings is 1. The third-order valence-corrected chi connectivity index (χ3v) is 6.64. The van der Waals surface area contributed by atoms with E-state index in [0.717, 1.165) is 12.4 Å². The van der Waals surface area contributed by atoms with Crippen LogP contribution >= 0.6 is 0 Å². The number of aromatic nitrogens is 7. The minimum atomic E-state index is -3.99. The van der Waals surface area contributed by atoms with Crippen molar-refractivity contribution in [2.75, 3.05) is 11.8 Å². The summed E-state index contributed by atoms with van der Waals surface area (Å²) < 4.78 is 53.7. The zero-order chi connectivity index (χ0) is 24.5. The lowest BCUT2D eigenvalue weighted by atomic mass is 10.3. The van der Waals surface area contributed by atoms with Gasteiger partial charge in [0, 0.05) is 12.5 Å². The molecule has 0 spiro atoms. The Labute approximate surface area is 194 Å². The topological polar surface area (TPSA) is 151 Å². The van der Waals surface area contributed by atoms with Gasteiger partial charge in [-0.2, -0.15) is 0 Å². The molecule has 14 heteroatoms. The first-order valence-corrected chi connectivity index (χ1v) is 11.6. The number of nitrogens with zero attached hydrogens (tertiary/aromatic N) is 7. The molecule has 12 nitrogen and oxygen atoms in total. The molecule has 0 amide bonds. The van der Waals surface area contributed by atoms with Crippen LogP contribution in [0, 0.1) is 19.7 Å². The average molecular weight is 489 g/mol. The largest absolute Gasteiger partial charge is 0.481 e. The van der Waals surface area contributed by atoms with Gasteiger partial charge in [0.05, 0.1) is 24.8 Å². The van der Waals surface area contributed by atoms with Crippen LogP contribution in [-0.4, -0.2) is 55.7 Å². The third-order valence-electron chi connectivity index (χ3n) is 4.95. The Balaban J connectivity index is 1.74. The van der Waals surface area contributed by atoms with Crippen LogP contribution in [0.5, 0.6) is 5.88 Å². The number of hydrogen-bond acceptors (Lipinski definition) is 10. The van der Waals surface area contributed by atoms with Crippen molar-refractivity contribution >= 4 is 16.0 Å². The number of hydrogen-bond donors (Lipinski definition) is 1. The molecule has 0 aromatic carbocycles. The number of aryl methyl sites for hydroxylation is 2. The van der Waals surface area contributed by atoms with Gasteiger partial charge in [-0.05, 0) is 26.8 Å². The van der Waals surface area contributed by atoms with Gasteiger partial charge in [-0.3, -0.25) is 9.29 Å². The maximum atomic E-state index is 13.1. The first-order valence-electron chi connectivity index (χ1n) is 10.1. The minimum absolute atomic E-state index is 0.0423. The van der Waals surface area contributed by atoms with E-state index in [4.69, 9.17) is 9.26 Å². The fraction of sp³-hybridized carbons (Fsp3) is 0.300. The van der Waals surface area contributed by atoms with Crippen molar-refractivity contribution < 1.29 is 22.1 Å². The number of ether oxygens (including phenoxy) is 1. The Morgan fingerprint density at radius 1 is 1.21 bits per heavy atom. The molecule has 178 valence electrons. The Kier molecular flexibility index (Phi) is 6.24. The summed E-state index contributed by atoms with van der Waals surface area (Å²) in [6, 6.07) is 5.08. The molecule has 0 aliphatic rings. The van der Waals surface area contributed by atoms with E-state index < -0.39 is 21.1 Å². The Morgan fingerprint density at radius 2 is 1.94 bits per heavy atom. The smallest absolute Gasteiger partial charge is 0.243 e. The monoisotopic (exact) mass is 488 g/mol. The number of nitrogens with one attached hydrogen (secondary N) is 1. The molecule has 0 aliphatic carbocycles. The summed E-state index contributed by atoms with van der Waals surface area (Å²) in [5.41, 5.74) is 1.36. The summed E-state index contributed by atoms with van der Waals surface area (Å²) in [6.45, 7) is 4.88. The first-order chi connectivity index (χ1) is 16.2. The Hall–Kier alpha value is -3.94. The van der Waals surface area contributed by atoms with Crippen LogP contribution in [0.25, 0.3) is 17.2 Å². The molecule has 34 heavy (non-hydrogen) atoms. The molecule has 4 heterocycles. The Morgan fingerprint density at radius 3 is 2.59 bits per heavy atom. The molecule has 0 saturated heterocycles. The number of sulfonamides is 1. The molecule has 0 saturated carbocycles. The Bertz CT molecular complexity index is 1400. The van der Waals surface area contributed by atoms with Gasteiger partial charge in [0.25, 0.3) is 0 Å². The lowest BCUT2D eigenvalue weighted by Gasteiger charge is -2.15. The van der Waals surface area contributed by atoms with Gasteiger partial charge in [0.15, 0.2) is 17.4 Å². The quantitative estimate of drug-likeness (QED) is 0.391. The molecule has 1 atom stereocenters. The van der Waals surface area contributed by atoms with Crippen molar-refractivity contribution in [3.63, 3.8) is 0 Å². The van der Waals surface area contributed by atoms with Crippen LogP contribution in [0.1, 0.15) is 24.2 Å². The van der Waals surface area contributed by atoms with E-state index in [1.165, 1.54) is 18.6 Å². The molecular formula is C20H21FN8O4S. The van der Waals surface area contributed by atoms with Gasteiger partial charge in [0.1, 0.15) is 22.9 Å². The lowest BCUT2D eigenvalue weighted by molar-refractivity contribution is 0.393. The van der Waals surface area contributed by atoms with E-state index in [1.54, 1.807) is 32.0 Å². The maximum absolute atomic E-state index is 13.1. The van der Waals surface area contributed by atoms with E-state index in [2.05, 4.69) is 35.0 Å². The van der Waals surface area contributed by atoms with E-state index in [-0.39, 0.29) is 24.0 Å². The predicted octanol–water partition coefficient (Wildman–Crippen LogP) is 2.24. The average Bonchev–Trinajstić information content (AvgIpc) is 3.36. The second-order valence-corrected chi connectivity index (χ2v) is 9.50. The zero-order valence-corrected chi connectivity index (χ0v) is 19.5. The van der Waals surface area contributed by atoms with Gasteiger partial charge < -0.3 is 9.26 Å². The van der Waals surface area contributed by atoms with Crippen LogP contribution in [-0.2, 0) is 16.4 Å². The van der Waals surface area contributed by atoms with Gasteiger partial charge in [0.2, 0.25) is 21.9 Å². The molecular weight excluding hydrogens is 467 g/mol. The van der Waals surface area contributed by atoms with Gasteiger partial charge >= 0.3 is 0 Å². The van der Waals surface area contributed by atoms with Crippen molar-refractivity contribution in [1.82, 2.24) is 34.9 Å². The molecule has 0 radical (unpaired) electrons. The predicted molar refractivity (Wildman–Crippen MR) is 118 cm³/mol. The van der Waals surface area contributed by atoms with Crippen LogP contribution in [0.3, 0.4) is 0 Å². The highest BCUT2D eigenvalue weighted by molar-refractivity contribution is 7.93. The molecule has 0 bridgehead atoms. The van der Waals surface area contributed by atoms with E-state index in [1.807, 2.05) is 0 Å². The molecule has 1 unspecified atom stereocenters. The SMILES string of the molecule is COc1cccc(-c2nnc(NS(=O)(=O)C(C)Cc3ncc(F)cn3)n2-c2c(C)noc2C)n1. The van der Waals surface area contributed by atoms with E-state index in [9.17, 15) is 12.8 Å². The second kappa shape index (κ2) is 9.13. The van der Waals surface area contributed by atoms with E-state index in [0.29, 0.717) is 28.7 Å². The number of rotatable bonds is 8.